The first-order valence-electron chi connectivity index (χ1n) is 3.49. The van der Waals surface area contributed by atoms with Gasteiger partial charge in [-0.05, 0) is 6.92 Å². The van der Waals surface area contributed by atoms with E-state index in [1.165, 1.54) is 11.1 Å². The van der Waals surface area contributed by atoms with Crippen LogP contribution in [0.25, 0.3) is 0 Å². The third kappa shape index (κ3) is 1.85. The molecule has 1 aromatic rings. The topological polar surface area (TPSA) is 16.6 Å². The maximum atomic E-state index is 3.68. The zero-order chi connectivity index (χ0) is 7.40. The molecule has 54 valence electrons. The lowest BCUT2D eigenvalue weighted by Gasteiger charge is -1.99. The number of aryl methyl sites for hydroxylation is 1. The number of hydrogen-bond donors (Lipinski definition) is 1. The zero-order valence-corrected chi connectivity index (χ0v) is 6.30. The highest BCUT2D eigenvalue weighted by Gasteiger charge is 1.88. The molecule has 0 heterocycles. The molecule has 0 aromatic heterocycles. The van der Waals surface area contributed by atoms with Crippen LogP contribution in [0.2, 0.25) is 0 Å². The Labute approximate surface area is 62.1 Å². The molecule has 0 amide bonds. The van der Waals surface area contributed by atoms with Crippen LogP contribution in [0.15, 0.2) is 24.3 Å². The van der Waals surface area contributed by atoms with Crippen molar-refractivity contribution in [1.82, 2.24) is 0 Å². The fraction of sp³-hybridized carbons (Fsp3) is 0.222. The normalized spacial score (nSPS) is 9.80. The average Bonchev–Trinajstić information content (AvgIpc) is 1.95. The van der Waals surface area contributed by atoms with E-state index in [1.54, 1.807) is 0 Å². The van der Waals surface area contributed by atoms with Gasteiger partial charge in [0.15, 0.2) is 0 Å². The average molecular weight is 135 g/mol. The summed E-state index contributed by atoms with van der Waals surface area (Å²) in [6.45, 7) is 3.07. The van der Waals surface area contributed by atoms with Crippen molar-refractivity contribution in [2.24, 2.45) is 0 Å². The van der Waals surface area contributed by atoms with Gasteiger partial charge in [-0.2, -0.15) is 7.05 Å². The van der Waals surface area contributed by atoms with Crippen molar-refractivity contribution in [3.63, 3.8) is 0 Å². The molecule has 0 bridgehead atoms. The molecule has 0 fully saturated rings. The van der Waals surface area contributed by atoms with Crippen molar-refractivity contribution < 1.29 is 5.32 Å². The van der Waals surface area contributed by atoms with Gasteiger partial charge in [0.05, 0.1) is 6.54 Å². The van der Waals surface area contributed by atoms with Crippen LogP contribution < -0.4 is 5.32 Å². The molecule has 0 aliphatic heterocycles. The fourth-order valence-corrected chi connectivity index (χ4v) is 0.891. The summed E-state index contributed by atoms with van der Waals surface area (Å²) < 4.78 is 0. The predicted molar refractivity (Wildman–Crippen MR) is 42.2 cm³/mol. The zero-order valence-electron chi connectivity index (χ0n) is 6.30. The molecule has 10 heavy (non-hydrogen) atoms. The van der Waals surface area contributed by atoms with Gasteiger partial charge in [-0.1, -0.05) is 29.8 Å². The van der Waals surface area contributed by atoms with Crippen LogP contribution in [0.3, 0.4) is 0 Å². The summed E-state index contributed by atoms with van der Waals surface area (Å²) in [5.74, 6) is 0. The second kappa shape index (κ2) is 3.37. The Balaban J connectivity index is 2.69. The molecule has 0 unspecified atom stereocenters. The van der Waals surface area contributed by atoms with E-state index in [2.05, 4.69) is 38.2 Å². The highest BCUT2D eigenvalue weighted by atomic mass is 14.8. The number of nitrogens with two attached hydrogens (primary N) is 1. The van der Waals surface area contributed by atoms with Gasteiger partial charge in [-0.15, -0.1) is 0 Å². The Bertz CT molecular complexity index is 188. The minimum absolute atomic E-state index is 0.972. The lowest BCUT2D eigenvalue weighted by molar-refractivity contribution is -0.612. The highest BCUT2D eigenvalue weighted by Crippen LogP contribution is 2.00. The molecule has 0 atom stereocenters. The third-order valence-corrected chi connectivity index (χ3v) is 1.50. The Morgan fingerprint density at radius 3 is 2.40 bits per heavy atom. The van der Waals surface area contributed by atoms with E-state index in [-0.39, 0.29) is 0 Å². The van der Waals surface area contributed by atoms with Crippen LogP contribution in [0.5, 0.6) is 0 Å². The van der Waals surface area contributed by atoms with Crippen LogP contribution >= 0.6 is 0 Å². The summed E-state index contributed by atoms with van der Waals surface area (Å²) >= 11 is 0. The number of rotatable bonds is 2. The van der Waals surface area contributed by atoms with E-state index in [1.807, 2.05) is 5.32 Å². The summed E-state index contributed by atoms with van der Waals surface area (Å²) in [4.78, 5) is 0. The first-order chi connectivity index (χ1) is 4.83. The van der Waals surface area contributed by atoms with Gasteiger partial charge in [-0.3, -0.25) is 0 Å². The van der Waals surface area contributed by atoms with Gasteiger partial charge >= 0.3 is 0 Å². The van der Waals surface area contributed by atoms with Crippen molar-refractivity contribution in [3.8, 4) is 0 Å². The molecule has 2 N–H and O–H groups in total. The predicted octanol–water partition coefficient (Wildman–Crippen LogP) is 0.850. The molecule has 1 nitrogen and oxygen atoms in total. The third-order valence-electron chi connectivity index (χ3n) is 1.50. The first-order valence-corrected chi connectivity index (χ1v) is 3.49. The molecular formula is C9H13N. The van der Waals surface area contributed by atoms with Crippen LogP contribution in [-0.2, 0) is 6.54 Å². The van der Waals surface area contributed by atoms with E-state index in [0.717, 1.165) is 6.54 Å². The molecule has 1 rings (SSSR count). The largest absolute Gasteiger partial charge is 0.475 e. The van der Waals surface area contributed by atoms with Crippen molar-refractivity contribution in [2.45, 2.75) is 13.5 Å². The maximum absolute atomic E-state index is 3.68. The monoisotopic (exact) mass is 135 g/mol. The van der Waals surface area contributed by atoms with Gasteiger partial charge in [0.1, 0.15) is 0 Å². The second-order valence-corrected chi connectivity index (χ2v) is 2.48. The summed E-state index contributed by atoms with van der Waals surface area (Å²) in [7, 11) is 3.68. The van der Waals surface area contributed by atoms with Gasteiger partial charge in [0, 0.05) is 5.56 Å². The van der Waals surface area contributed by atoms with E-state index >= 15 is 0 Å². The first kappa shape index (κ1) is 7.29. The van der Waals surface area contributed by atoms with Crippen LogP contribution in [0.4, 0.5) is 0 Å². The summed E-state index contributed by atoms with van der Waals surface area (Å²) in [5.41, 5.74) is 2.65. The summed E-state index contributed by atoms with van der Waals surface area (Å²) in [5, 5.41) is 1.92. The van der Waals surface area contributed by atoms with Crippen molar-refractivity contribution >= 4 is 0 Å². The van der Waals surface area contributed by atoms with Crippen molar-refractivity contribution in [2.75, 3.05) is 0 Å². The van der Waals surface area contributed by atoms with Crippen molar-refractivity contribution in [3.05, 3.63) is 42.4 Å². The Morgan fingerprint density at radius 2 is 1.90 bits per heavy atom. The van der Waals surface area contributed by atoms with Crippen molar-refractivity contribution in [1.29, 1.82) is 0 Å². The quantitative estimate of drug-likeness (QED) is 0.579. The van der Waals surface area contributed by atoms with E-state index in [0.29, 0.717) is 0 Å². The van der Waals surface area contributed by atoms with Crippen LogP contribution in [0.1, 0.15) is 11.1 Å². The number of quaternary nitrogens is 1. The smallest absolute Gasteiger partial charge is 0.0773 e. The molecule has 0 saturated heterocycles. The minimum Gasteiger partial charge on any atom is -0.475 e. The van der Waals surface area contributed by atoms with E-state index in [9.17, 15) is 0 Å². The fourth-order valence-electron chi connectivity index (χ4n) is 0.891. The summed E-state index contributed by atoms with van der Waals surface area (Å²) in [6, 6.07) is 8.52. The maximum Gasteiger partial charge on any atom is 0.0773 e. The number of hydrogen-bond acceptors (Lipinski definition) is 0. The highest BCUT2D eigenvalue weighted by molar-refractivity contribution is 5.20. The minimum atomic E-state index is 0.972. The van der Waals surface area contributed by atoms with Gasteiger partial charge in [0.25, 0.3) is 0 Å². The Morgan fingerprint density at radius 1 is 1.30 bits per heavy atom. The SMILES string of the molecule is [CH2-][NH2+]Cc1ccc(C)cc1. The van der Waals surface area contributed by atoms with Crippen LogP contribution in [0, 0.1) is 14.0 Å². The summed E-state index contributed by atoms with van der Waals surface area (Å²) in [6.07, 6.45) is 0. The molecule has 1 heteroatoms. The van der Waals surface area contributed by atoms with Gasteiger partial charge < -0.3 is 5.32 Å². The van der Waals surface area contributed by atoms with Gasteiger partial charge in [-0.25, -0.2) is 0 Å². The van der Waals surface area contributed by atoms with Crippen LogP contribution in [-0.4, -0.2) is 0 Å². The Hall–Kier alpha value is -0.820. The van der Waals surface area contributed by atoms with E-state index < -0.39 is 0 Å². The van der Waals surface area contributed by atoms with Gasteiger partial charge in [0.2, 0.25) is 0 Å². The molecule has 0 aliphatic carbocycles. The Kier molecular flexibility index (Phi) is 2.46. The van der Waals surface area contributed by atoms with E-state index in [4.69, 9.17) is 0 Å². The molecule has 0 saturated carbocycles. The second-order valence-electron chi connectivity index (χ2n) is 2.48. The standard InChI is InChI=1S/C9H13N/c1-8-3-5-9(6-4-8)7-10-2/h3-6H,2,7,10H2,1H3. The molecule has 1 aromatic carbocycles. The number of benzene rings is 1. The molecule has 0 spiro atoms. The lowest BCUT2D eigenvalue weighted by Crippen LogP contribution is -2.74. The molecular weight excluding hydrogens is 122 g/mol. The molecule has 0 radical (unpaired) electrons. The lowest BCUT2D eigenvalue weighted by atomic mass is 10.1. The molecule has 0 aliphatic rings.